The van der Waals surface area contributed by atoms with Crippen molar-refractivity contribution in [2.75, 3.05) is 13.1 Å². The van der Waals surface area contributed by atoms with Crippen LogP contribution in [0, 0.1) is 0 Å². The van der Waals surface area contributed by atoms with Crippen LogP contribution in [0.5, 0.6) is 0 Å². The number of nitrogens with zero attached hydrogens (tertiary/aromatic N) is 3. The van der Waals surface area contributed by atoms with Gasteiger partial charge in [-0.25, -0.2) is 0 Å². The molecule has 33 heavy (non-hydrogen) atoms. The standard InChI is InChI=1S/C27H38N4O2/c1-3-5-18-24(30-32)26(22-14-9-7-10-15-22)28-20-13-21-29-27(23-16-11-8-12-17-23)25(31-33)19-6-4-2/h7-12,14-17,26,28,32-33H,3-6,13,18-21H2,1-2H3/b29-27?,30-24-,31-25-. The number of benzene rings is 2. The molecule has 0 spiro atoms. The summed E-state index contributed by atoms with van der Waals surface area (Å²) in [6.45, 7) is 5.57. The third-order valence-corrected chi connectivity index (χ3v) is 5.54. The van der Waals surface area contributed by atoms with Gasteiger partial charge in [-0.1, -0.05) is 97.7 Å². The summed E-state index contributed by atoms with van der Waals surface area (Å²) in [5.74, 6) is 0. The molecule has 0 fully saturated rings. The smallest absolute Gasteiger partial charge is 0.105 e. The fourth-order valence-electron chi connectivity index (χ4n) is 3.70. The van der Waals surface area contributed by atoms with Gasteiger partial charge in [0.25, 0.3) is 0 Å². The van der Waals surface area contributed by atoms with Gasteiger partial charge in [-0.15, -0.1) is 0 Å². The maximum absolute atomic E-state index is 9.63. The Morgan fingerprint density at radius 3 is 2.06 bits per heavy atom. The van der Waals surface area contributed by atoms with Gasteiger partial charge < -0.3 is 15.7 Å². The quantitative estimate of drug-likeness (QED) is 0.130. The molecule has 178 valence electrons. The van der Waals surface area contributed by atoms with E-state index in [0.717, 1.165) is 67.6 Å². The monoisotopic (exact) mass is 450 g/mol. The van der Waals surface area contributed by atoms with Gasteiger partial charge in [0.2, 0.25) is 0 Å². The normalized spacial score (nSPS) is 13.8. The molecule has 2 rings (SSSR count). The Morgan fingerprint density at radius 2 is 1.45 bits per heavy atom. The second-order valence-electron chi connectivity index (χ2n) is 8.09. The van der Waals surface area contributed by atoms with Crippen LogP contribution in [0.3, 0.4) is 0 Å². The fraction of sp³-hybridized carbons (Fsp3) is 0.444. The van der Waals surface area contributed by atoms with Crippen LogP contribution in [0.15, 0.2) is 76.0 Å². The Bertz CT molecular complexity index is 880. The minimum Gasteiger partial charge on any atom is -0.411 e. The zero-order valence-electron chi connectivity index (χ0n) is 20.0. The van der Waals surface area contributed by atoms with Crippen molar-refractivity contribution in [3.8, 4) is 0 Å². The molecule has 0 saturated heterocycles. The first kappa shape index (κ1) is 26.3. The first-order valence-corrected chi connectivity index (χ1v) is 12.0. The predicted molar refractivity (Wildman–Crippen MR) is 137 cm³/mol. The van der Waals surface area contributed by atoms with Crippen LogP contribution >= 0.6 is 0 Å². The summed E-state index contributed by atoms with van der Waals surface area (Å²) in [5.41, 5.74) is 4.19. The highest BCUT2D eigenvalue weighted by atomic mass is 16.4. The summed E-state index contributed by atoms with van der Waals surface area (Å²) < 4.78 is 0. The summed E-state index contributed by atoms with van der Waals surface area (Å²) in [6, 6.07) is 19.9. The molecule has 0 aromatic heterocycles. The average Bonchev–Trinajstić information content (AvgIpc) is 2.87. The molecule has 0 saturated carbocycles. The van der Waals surface area contributed by atoms with E-state index in [9.17, 15) is 10.4 Å². The lowest BCUT2D eigenvalue weighted by molar-refractivity contribution is 0.313. The first-order valence-electron chi connectivity index (χ1n) is 12.0. The summed E-state index contributed by atoms with van der Waals surface area (Å²) in [6.07, 6.45) is 6.26. The van der Waals surface area contributed by atoms with Gasteiger partial charge in [0.05, 0.1) is 17.5 Å². The van der Waals surface area contributed by atoms with E-state index in [4.69, 9.17) is 4.99 Å². The third kappa shape index (κ3) is 8.81. The molecule has 1 atom stereocenters. The molecule has 0 aliphatic heterocycles. The number of rotatable bonds is 15. The summed E-state index contributed by atoms with van der Waals surface area (Å²) in [4.78, 5) is 4.81. The van der Waals surface area contributed by atoms with E-state index in [1.807, 2.05) is 48.5 Å². The molecule has 3 N–H and O–H groups in total. The fourth-order valence-corrected chi connectivity index (χ4v) is 3.70. The van der Waals surface area contributed by atoms with E-state index < -0.39 is 0 Å². The molecule has 6 heteroatoms. The van der Waals surface area contributed by atoms with Gasteiger partial charge in [0, 0.05) is 12.1 Å². The van der Waals surface area contributed by atoms with Crippen molar-refractivity contribution < 1.29 is 10.4 Å². The molecule has 1 unspecified atom stereocenters. The Kier molecular flexibility index (Phi) is 12.5. The molecular weight excluding hydrogens is 412 g/mol. The molecule has 2 aromatic rings. The van der Waals surface area contributed by atoms with Gasteiger partial charge in [-0.3, -0.25) is 4.99 Å². The number of oxime groups is 2. The molecular formula is C27H38N4O2. The second kappa shape index (κ2) is 15.8. The van der Waals surface area contributed by atoms with Crippen LogP contribution in [-0.2, 0) is 0 Å². The Morgan fingerprint density at radius 1 is 0.818 bits per heavy atom. The zero-order valence-corrected chi connectivity index (χ0v) is 20.0. The largest absolute Gasteiger partial charge is 0.411 e. The van der Waals surface area contributed by atoms with Gasteiger partial charge in [-0.2, -0.15) is 0 Å². The minimum atomic E-state index is -0.126. The minimum absolute atomic E-state index is 0.126. The van der Waals surface area contributed by atoms with E-state index in [2.05, 4.69) is 41.6 Å². The summed E-state index contributed by atoms with van der Waals surface area (Å²) in [5, 5.41) is 30.0. The summed E-state index contributed by atoms with van der Waals surface area (Å²) in [7, 11) is 0. The zero-order chi connectivity index (χ0) is 23.7. The summed E-state index contributed by atoms with van der Waals surface area (Å²) >= 11 is 0. The molecule has 0 radical (unpaired) electrons. The van der Waals surface area contributed by atoms with Crippen molar-refractivity contribution in [1.82, 2.24) is 5.32 Å². The third-order valence-electron chi connectivity index (χ3n) is 5.54. The highest BCUT2D eigenvalue weighted by Gasteiger charge is 2.18. The van der Waals surface area contributed by atoms with E-state index in [1.54, 1.807) is 0 Å². The van der Waals surface area contributed by atoms with E-state index >= 15 is 0 Å². The van der Waals surface area contributed by atoms with Crippen molar-refractivity contribution in [3.05, 3.63) is 71.8 Å². The van der Waals surface area contributed by atoms with Crippen LogP contribution in [0.2, 0.25) is 0 Å². The van der Waals surface area contributed by atoms with Crippen LogP contribution in [-0.4, -0.2) is 40.6 Å². The Hall–Kier alpha value is -2.99. The van der Waals surface area contributed by atoms with Crippen LogP contribution < -0.4 is 5.32 Å². The van der Waals surface area contributed by atoms with Crippen molar-refractivity contribution in [1.29, 1.82) is 0 Å². The number of nitrogens with one attached hydrogen (secondary N) is 1. The average molecular weight is 451 g/mol. The van der Waals surface area contributed by atoms with E-state index in [0.29, 0.717) is 18.7 Å². The van der Waals surface area contributed by atoms with E-state index in [1.165, 1.54) is 0 Å². The topological polar surface area (TPSA) is 89.6 Å². The lowest BCUT2D eigenvalue weighted by Crippen LogP contribution is -2.30. The lowest BCUT2D eigenvalue weighted by Gasteiger charge is -2.20. The Labute approximate surface area is 198 Å². The van der Waals surface area contributed by atoms with Crippen LogP contribution in [0.25, 0.3) is 0 Å². The highest BCUT2D eigenvalue weighted by molar-refractivity contribution is 6.48. The molecule has 0 amide bonds. The van der Waals surface area contributed by atoms with Crippen molar-refractivity contribution >= 4 is 17.1 Å². The molecule has 0 heterocycles. The second-order valence-corrected chi connectivity index (χ2v) is 8.09. The number of aliphatic imine (C=N–C) groups is 1. The molecule has 0 aliphatic carbocycles. The SMILES string of the molecule is CCCC/C(=N/O)C(=NCCCNC(/C(CCCC)=N\O)c1ccccc1)c1ccccc1. The maximum Gasteiger partial charge on any atom is 0.105 e. The van der Waals surface area contributed by atoms with Crippen molar-refractivity contribution in [2.24, 2.45) is 15.3 Å². The molecule has 0 bridgehead atoms. The van der Waals surface area contributed by atoms with Gasteiger partial charge >= 0.3 is 0 Å². The Balaban J connectivity index is 2.07. The highest BCUT2D eigenvalue weighted by Crippen LogP contribution is 2.18. The van der Waals surface area contributed by atoms with Crippen molar-refractivity contribution in [2.45, 2.75) is 64.8 Å². The predicted octanol–water partition coefficient (Wildman–Crippen LogP) is 6.24. The molecule has 6 nitrogen and oxygen atoms in total. The number of hydrogen-bond donors (Lipinski definition) is 3. The first-order chi connectivity index (χ1) is 16.2. The van der Waals surface area contributed by atoms with Gasteiger partial charge in [0.15, 0.2) is 0 Å². The van der Waals surface area contributed by atoms with Gasteiger partial charge in [0.1, 0.15) is 5.71 Å². The van der Waals surface area contributed by atoms with Crippen molar-refractivity contribution in [3.63, 3.8) is 0 Å². The van der Waals surface area contributed by atoms with Crippen LogP contribution in [0.4, 0.5) is 0 Å². The maximum atomic E-state index is 9.63. The number of unbranched alkanes of at least 4 members (excludes halogenated alkanes) is 2. The number of hydrogen-bond acceptors (Lipinski definition) is 6. The molecule has 0 aliphatic rings. The lowest BCUT2D eigenvalue weighted by atomic mass is 9.98. The van der Waals surface area contributed by atoms with Crippen LogP contribution in [0.1, 0.15) is 76.0 Å². The molecule has 2 aromatic carbocycles. The van der Waals surface area contributed by atoms with Gasteiger partial charge in [-0.05, 0) is 44.2 Å². The van der Waals surface area contributed by atoms with E-state index in [-0.39, 0.29) is 6.04 Å².